The fraction of sp³-hybridized carbons (Fsp3) is 0.267. The summed E-state index contributed by atoms with van der Waals surface area (Å²) in [6.45, 7) is 0. The number of hydrogen-bond acceptors (Lipinski definition) is 4. The number of carbonyl (C=O) groups excluding carboxylic acids is 1. The molecule has 0 saturated carbocycles. The van der Waals surface area contributed by atoms with Crippen molar-refractivity contribution in [1.29, 1.82) is 0 Å². The van der Waals surface area contributed by atoms with Crippen LogP contribution in [-0.2, 0) is 6.42 Å². The number of fused-ring (bicyclic) bond motifs is 1. The molecule has 7 heteroatoms. The van der Waals surface area contributed by atoms with Crippen LogP contribution in [0.5, 0.6) is 5.75 Å². The molecule has 2 aromatic rings. The number of rotatable bonds is 2. The topological polar surface area (TPSA) is 115 Å². The first kappa shape index (κ1) is 14.1. The highest BCUT2D eigenvalue weighted by Crippen LogP contribution is 2.29. The lowest BCUT2D eigenvalue weighted by Gasteiger charge is -2.26. The van der Waals surface area contributed by atoms with E-state index in [2.05, 4.69) is 10.3 Å². The summed E-state index contributed by atoms with van der Waals surface area (Å²) in [6, 6.07) is 7.60. The first-order valence-electron chi connectivity index (χ1n) is 7.00. The Labute approximate surface area is 125 Å². The first-order chi connectivity index (χ1) is 10.6. The molecular weight excluding hydrogens is 286 g/mol. The zero-order chi connectivity index (χ0) is 15.7. The Kier molecular flexibility index (Phi) is 3.54. The van der Waals surface area contributed by atoms with Gasteiger partial charge < -0.3 is 10.4 Å². The Morgan fingerprint density at radius 1 is 1.23 bits per heavy atom. The van der Waals surface area contributed by atoms with Crippen LogP contribution in [0.1, 0.15) is 40.5 Å². The van der Waals surface area contributed by atoms with Crippen molar-refractivity contribution >= 4 is 5.91 Å². The largest absolute Gasteiger partial charge is 0.501 e. The van der Waals surface area contributed by atoms with Gasteiger partial charge in [0.1, 0.15) is 0 Å². The van der Waals surface area contributed by atoms with Crippen molar-refractivity contribution in [3.8, 4) is 5.75 Å². The van der Waals surface area contributed by atoms with Crippen LogP contribution in [0.2, 0.25) is 0 Å². The number of hydrogen-bond donors (Lipinski definition) is 4. The van der Waals surface area contributed by atoms with Crippen LogP contribution in [-0.4, -0.2) is 21.0 Å². The maximum Gasteiger partial charge on any atom is 0.326 e. The van der Waals surface area contributed by atoms with Crippen molar-refractivity contribution in [2.45, 2.75) is 25.3 Å². The van der Waals surface area contributed by atoms with Gasteiger partial charge in [-0.3, -0.25) is 19.6 Å². The van der Waals surface area contributed by atoms with Crippen molar-refractivity contribution < 1.29 is 9.90 Å². The normalized spacial score (nSPS) is 16.8. The molecule has 1 aliphatic carbocycles. The van der Waals surface area contributed by atoms with E-state index < -0.39 is 28.6 Å². The van der Waals surface area contributed by atoms with E-state index in [0.29, 0.717) is 0 Å². The summed E-state index contributed by atoms with van der Waals surface area (Å²) in [6.07, 6.45) is 2.65. The van der Waals surface area contributed by atoms with Gasteiger partial charge in [0.2, 0.25) is 5.75 Å². The number of benzene rings is 1. The summed E-state index contributed by atoms with van der Waals surface area (Å²) in [7, 11) is 0. The van der Waals surface area contributed by atoms with Gasteiger partial charge in [0, 0.05) is 0 Å². The molecule has 1 amide bonds. The van der Waals surface area contributed by atoms with E-state index in [-0.39, 0.29) is 6.04 Å². The molecule has 0 unspecified atom stereocenters. The van der Waals surface area contributed by atoms with Crippen LogP contribution in [0, 0.1) is 0 Å². The Morgan fingerprint density at radius 3 is 2.82 bits per heavy atom. The van der Waals surface area contributed by atoms with Gasteiger partial charge in [-0.05, 0) is 30.4 Å². The number of aromatic nitrogens is 2. The Morgan fingerprint density at radius 2 is 2.00 bits per heavy atom. The fourth-order valence-electron chi connectivity index (χ4n) is 2.78. The predicted octanol–water partition coefficient (Wildman–Crippen LogP) is 0.576. The lowest BCUT2D eigenvalue weighted by molar-refractivity contribution is 0.0923. The molecule has 1 aromatic carbocycles. The summed E-state index contributed by atoms with van der Waals surface area (Å²) in [5, 5.41) is 12.4. The maximum absolute atomic E-state index is 12.3. The van der Waals surface area contributed by atoms with Gasteiger partial charge in [0.25, 0.3) is 11.5 Å². The molecule has 1 aliphatic rings. The number of carbonyl (C=O) groups is 1. The standard InChI is InChI=1S/C15H15N3O4/c19-12-11(17-15(22)18-14(12)21)13(20)16-10-7-3-5-8-4-1-2-6-9(8)10/h1-2,4,6,10,19H,3,5,7H2,(H,16,20)(H2,17,18,21,22)/t10-/m1/s1. The van der Waals surface area contributed by atoms with Gasteiger partial charge in [0.15, 0.2) is 5.69 Å². The van der Waals surface area contributed by atoms with E-state index in [0.717, 1.165) is 24.8 Å². The van der Waals surface area contributed by atoms with Crippen molar-refractivity contribution in [3.05, 3.63) is 61.9 Å². The molecule has 1 atom stereocenters. The van der Waals surface area contributed by atoms with Gasteiger partial charge in [-0.15, -0.1) is 0 Å². The van der Waals surface area contributed by atoms with Crippen molar-refractivity contribution in [2.75, 3.05) is 0 Å². The number of amides is 1. The highest BCUT2D eigenvalue weighted by molar-refractivity contribution is 5.94. The molecule has 0 radical (unpaired) electrons. The molecule has 3 rings (SSSR count). The third-order valence-corrected chi connectivity index (χ3v) is 3.82. The average Bonchev–Trinajstić information content (AvgIpc) is 2.51. The van der Waals surface area contributed by atoms with Crippen LogP contribution in [0.15, 0.2) is 33.9 Å². The predicted molar refractivity (Wildman–Crippen MR) is 78.9 cm³/mol. The van der Waals surface area contributed by atoms with E-state index >= 15 is 0 Å². The minimum absolute atomic E-state index is 0.209. The molecule has 22 heavy (non-hydrogen) atoms. The summed E-state index contributed by atoms with van der Waals surface area (Å²) in [5.41, 5.74) is -0.0526. The smallest absolute Gasteiger partial charge is 0.326 e. The average molecular weight is 301 g/mol. The minimum Gasteiger partial charge on any atom is -0.501 e. The summed E-state index contributed by atoms with van der Waals surface area (Å²) in [4.78, 5) is 38.9. The summed E-state index contributed by atoms with van der Waals surface area (Å²) >= 11 is 0. The number of aromatic amines is 2. The molecule has 0 saturated heterocycles. The molecular formula is C15H15N3O4. The molecule has 114 valence electrons. The highest BCUT2D eigenvalue weighted by atomic mass is 16.3. The van der Waals surface area contributed by atoms with Gasteiger partial charge in [-0.1, -0.05) is 24.3 Å². The van der Waals surface area contributed by atoms with E-state index in [1.54, 1.807) is 0 Å². The monoisotopic (exact) mass is 301 g/mol. The number of aryl methyl sites for hydroxylation is 1. The molecule has 7 nitrogen and oxygen atoms in total. The first-order valence-corrected chi connectivity index (χ1v) is 7.00. The third kappa shape index (κ3) is 2.52. The van der Waals surface area contributed by atoms with Crippen LogP contribution >= 0.6 is 0 Å². The summed E-state index contributed by atoms with van der Waals surface area (Å²) in [5.74, 6) is -1.47. The number of nitrogens with one attached hydrogen (secondary N) is 3. The molecule has 4 N–H and O–H groups in total. The summed E-state index contributed by atoms with van der Waals surface area (Å²) < 4.78 is 0. The molecule has 0 spiro atoms. The van der Waals surface area contributed by atoms with Crippen LogP contribution in [0.3, 0.4) is 0 Å². The van der Waals surface area contributed by atoms with Crippen LogP contribution in [0.25, 0.3) is 0 Å². The van der Waals surface area contributed by atoms with Gasteiger partial charge in [-0.2, -0.15) is 0 Å². The van der Waals surface area contributed by atoms with Crippen molar-refractivity contribution in [3.63, 3.8) is 0 Å². The second-order valence-electron chi connectivity index (χ2n) is 5.25. The van der Waals surface area contributed by atoms with E-state index in [4.69, 9.17) is 0 Å². The van der Waals surface area contributed by atoms with E-state index in [9.17, 15) is 19.5 Å². The minimum atomic E-state index is -0.988. The second-order valence-corrected chi connectivity index (χ2v) is 5.25. The number of H-pyrrole nitrogens is 2. The van der Waals surface area contributed by atoms with Crippen LogP contribution < -0.4 is 16.6 Å². The van der Waals surface area contributed by atoms with Gasteiger partial charge >= 0.3 is 5.69 Å². The SMILES string of the molecule is O=C(N[C@@H]1CCCc2ccccc21)c1[nH]c(=O)[nH]c(=O)c1O. The lowest BCUT2D eigenvalue weighted by Crippen LogP contribution is -2.34. The molecule has 1 aromatic heterocycles. The van der Waals surface area contributed by atoms with Crippen LogP contribution in [0.4, 0.5) is 0 Å². The van der Waals surface area contributed by atoms with Gasteiger partial charge in [0.05, 0.1) is 6.04 Å². The molecule has 0 aliphatic heterocycles. The maximum atomic E-state index is 12.3. The quantitative estimate of drug-likeness (QED) is 0.649. The lowest BCUT2D eigenvalue weighted by atomic mass is 9.87. The second kappa shape index (κ2) is 5.51. The third-order valence-electron chi connectivity index (χ3n) is 3.82. The molecule has 0 fully saturated rings. The molecule has 0 bridgehead atoms. The highest BCUT2D eigenvalue weighted by Gasteiger charge is 2.24. The van der Waals surface area contributed by atoms with Crippen molar-refractivity contribution in [2.24, 2.45) is 0 Å². The fourth-order valence-corrected chi connectivity index (χ4v) is 2.78. The zero-order valence-electron chi connectivity index (χ0n) is 11.7. The molecule has 1 heterocycles. The van der Waals surface area contributed by atoms with Crippen molar-refractivity contribution in [1.82, 2.24) is 15.3 Å². The van der Waals surface area contributed by atoms with Gasteiger partial charge in [-0.25, -0.2) is 4.79 Å². The Balaban J connectivity index is 1.90. The number of aromatic hydroxyl groups is 1. The van der Waals surface area contributed by atoms with E-state index in [1.807, 2.05) is 29.2 Å². The van der Waals surface area contributed by atoms with E-state index in [1.165, 1.54) is 5.56 Å². The Bertz CT molecular complexity index is 837. The Hall–Kier alpha value is -2.83. The zero-order valence-corrected chi connectivity index (χ0v) is 11.7.